The summed E-state index contributed by atoms with van der Waals surface area (Å²) < 4.78 is 0. The molecular formula is C11H21NO2. The second-order valence-corrected chi connectivity index (χ2v) is 4.15. The maximum atomic E-state index is 10.9. The predicted octanol–water partition coefficient (Wildman–Crippen LogP) is 1.20. The van der Waals surface area contributed by atoms with E-state index >= 15 is 0 Å². The number of aliphatic hydroxyl groups is 1. The Hall–Kier alpha value is -0.410. The monoisotopic (exact) mass is 199 g/mol. The predicted molar refractivity (Wildman–Crippen MR) is 56.2 cm³/mol. The number of aliphatic hydroxyl groups excluding tert-OH is 1. The number of nitrogens with zero attached hydrogens (tertiary/aromatic N) is 1. The van der Waals surface area contributed by atoms with E-state index in [-0.39, 0.29) is 12.4 Å². The average Bonchev–Trinajstić information content (AvgIpc) is 2.58. The van der Waals surface area contributed by atoms with Gasteiger partial charge in [-0.3, -0.25) is 9.69 Å². The topological polar surface area (TPSA) is 40.5 Å². The summed E-state index contributed by atoms with van der Waals surface area (Å²) in [6, 6.07) is 0.612. The largest absolute Gasteiger partial charge is 0.396 e. The first-order chi connectivity index (χ1) is 6.74. The molecule has 1 N–H and O–H groups in total. The van der Waals surface area contributed by atoms with E-state index in [1.54, 1.807) is 6.92 Å². The fraction of sp³-hybridized carbons (Fsp3) is 0.909. The molecule has 0 bridgehead atoms. The lowest BCUT2D eigenvalue weighted by Gasteiger charge is -2.23. The highest BCUT2D eigenvalue weighted by molar-refractivity contribution is 5.75. The molecule has 1 heterocycles. The van der Waals surface area contributed by atoms with E-state index in [2.05, 4.69) is 4.90 Å². The molecule has 0 saturated carbocycles. The number of ketones is 1. The summed E-state index contributed by atoms with van der Waals surface area (Å²) in [5, 5.41) is 8.76. The van der Waals surface area contributed by atoms with Crippen LogP contribution in [0.25, 0.3) is 0 Å². The fourth-order valence-corrected chi connectivity index (χ4v) is 2.14. The Morgan fingerprint density at radius 1 is 1.57 bits per heavy atom. The lowest BCUT2D eigenvalue weighted by Crippen LogP contribution is -2.31. The van der Waals surface area contributed by atoms with Crippen molar-refractivity contribution >= 4 is 5.78 Å². The van der Waals surface area contributed by atoms with E-state index in [4.69, 9.17) is 5.11 Å². The molecule has 1 saturated heterocycles. The first-order valence-electron chi connectivity index (χ1n) is 5.58. The maximum absolute atomic E-state index is 10.9. The molecule has 1 rings (SSSR count). The smallest absolute Gasteiger partial charge is 0.131 e. The summed E-state index contributed by atoms with van der Waals surface area (Å²) in [6.07, 6.45) is 5.12. The quantitative estimate of drug-likeness (QED) is 0.699. The van der Waals surface area contributed by atoms with Gasteiger partial charge in [0.2, 0.25) is 0 Å². The molecule has 0 amide bonds. The molecule has 0 radical (unpaired) electrons. The van der Waals surface area contributed by atoms with E-state index in [0.717, 1.165) is 25.9 Å². The molecule has 82 valence electrons. The first-order valence-corrected chi connectivity index (χ1v) is 5.58. The van der Waals surface area contributed by atoms with Gasteiger partial charge in [0, 0.05) is 25.6 Å². The number of Topliss-reactive ketones (excluding diaryl/α,β-unsaturated/α-hetero) is 1. The molecule has 14 heavy (non-hydrogen) atoms. The van der Waals surface area contributed by atoms with Crippen LogP contribution >= 0.6 is 0 Å². The minimum Gasteiger partial charge on any atom is -0.396 e. The summed E-state index contributed by atoms with van der Waals surface area (Å²) in [4.78, 5) is 13.3. The van der Waals surface area contributed by atoms with Crippen molar-refractivity contribution in [3.8, 4) is 0 Å². The van der Waals surface area contributed by atoms with Crippen LogP contribution in [0.3, 0.4) is 0 Å². The molecule has 0 aromatic heterocycles. The van der Waals surface area contributed by atoms with Crippen LogP contribution in [0.4, 0.5) is 0 Å². The molecule has 0 aromatic carbocycles. The molecule has 1 unspecified atom stereocenters. The molecule has 3 heteroatoms. The van der Waals surface area contributed by atoms with Gasteiger partial charge in [0.25, 0.3) is 0 Å². The van der Waals surface area contributed by atoms with Crippen LogP contribution in [0, 0.1) is 0 Å². The number of hydrogen-bond acceptors (Lipinski definition) is 3. The third-order valence-electron chi connectivity index (χ3n) is 2.95. The minimum absolute atomic E-state index is 0.276. The Kier molecular flexibility index (Phi) is 5.12. The zero-order valence-electron chi connectivity index (χ0n) is 9.04. The van der Waals surface area contributed by atoms with Crippen molar-refractivity contribution in [3.63, 3.8) is 0 Å². The molecule has 1 aliphatic heterocycles. The van der Waals surface area contributed by atoms with Crippen LogP contribution in [0.5, 0.6) is 0 Å². The van der Waals surface area contributed by atoms with Gasteiger partial charge in [0.05, 0.1) is 0 Å². The van der Waals surface area contributed by atoms with Crippen molar-refractivity contribution in [2.45, 2.75) is 45.1 Å². The zero-order chi connectivity index (χ0) is 10.4. The Labute approximate surface area is 86.1 Å². The van der Waals surface area contributed by atoms with Crippen molar-refractivity contribution < 1.29 is 9.90 Å². The van der Waals surface area contributed by atoms with Gasteiger partial charge in [-0.2, -0.15) is 0 Å². The van der Waals surface area contributed by atoms with Crippen molar-refractivity contribution in [1.29, 1.82) is 0 Å². The fourth-order valence-electron chi connectivity index (χ4n) is 2.14. The summed E-state index contributed by atoms with van der Waals surface area (Å²) in [6.45, 7) is 3.98. The normalized spacial score (nSPS) is 22.9. The van der Waals surface area contributed by atoms with Gasteiger partial charge in [-0.25, -0.2) is 0 Å². The Bertz CT molecular complexity index is 182. The van der Waals surface area contributed by atoms with Gasteiger partial charge < -0.3 is 5.11 Å². The van der Waals surface area contributed by atoms with Gasteiger partial charge in [-0.15, -0.1) is 0 Å². The van der Waals surface area contributed by atoms with E-state index in [9.17, 15) is 4.79 Å². The molecule has 1 aliphatic rings. The Balaban J connectivity index is 2.24. The number of carbonyl (C=O) groups excluding carboxylic acids is 1. The lowest BCUT2D eigenvalue weighted by molar-refractivity contribution is -0.117. The van der Waals surface area contributed by atoms with Crippen molar-refractivity contribution in [1.82, 2.24) is 4.90 Å². The van der Waals surface area contributed by atoms with Crippen LogP contribution in [0.15, 0.2) is 0 Å². The standard InChI is InChI=1S/C11H21NO2/c1-10(14)6-8-12-7-2-4-11(12)5-3-9-13/h11,13H,2-9H2,1H3. The summed E-state index contributed by atoms with van der Waals surface area (Å²) in [5.41, 5.74) is 0. The third-order valence-corrected chi connectivity index (χ3v) is 2.95. The molecular weight excluding hydrogens is 178 g/mol. The number of likely N-dealkylation sites (tertiary alicyclic amines) is 1. The second kappa shape index (κ2) is 6.14. The van der Waals surface area contributed by atoms with Crippen molar-refractivity contribution in [2.75, 3.05) is 19.7 Å². The van der Waals surface area contributed by atoms with Crippen LogP contribution < -0.4 is 0 Å². The summed E-state index contributed by atoms with van der Waals surface area (Å²) in [7, 11) is 0. The zero-order valence-corrected chi connectivity index (χ0v) is 9.04. The second-order valence-electron chi connectivity index (χ2n) is 4.15. The molecule has 0 aliphatic carbocycles. The van der Waals surface area contributed by atoms with Gasteiger partial charge in [-0.1, -0.05) is 0 Å². The van der Waals surface area contributed by atoms with Gasteiger partial charge in [0.1, 0.15) is 5.78 Å². The van der Waals surface area contributed by atoms with Crippen LogP contribution in [0.1, 0.15) is 39.0 Å². The van der Waals surface area contributed by atoms with Crippen molar-refractivity contribution in [3.05, 3.63) is 0 Å². The number of carbonyl (C=O) groups is 1. The van der Waals surface area contributed by atoms with E-state index < -0.39 is 0 Å². The van der Waals surface area contributed by atoms with Crippen LogP contribution in [0.2, 0.25) is 0 Å². The highest BCUT2D eigenvalue weighted by atomic mass is 16.2. The minimum atomic E-state index is 0.276. The van der Waals surface area contributed by atoms with Crippen molar-refractivity contribution in [2.24, 2.45) is 0 Å². The van der Waals surface area contributed by atoms with Gasteiger partial charge >= 0.3 is 0 Å². The average molecular weight is 199 g/mol. The van der Waals surface area contributed by atoms with E-state index in [1.165, 1.54) is 12.8 Å². The molecule has 1 atom stereocenters. The number of rotatable bonds is 6. The van der Waals surface area contributed by atoms with Gasteiger partial charge in [0.15, 0.2) is 0 Å². The summed E-state index contributed by atoms with van der Waals surface area (Å²) in [5.74, 6) is 0.276. The first kappa shape index (κ1) is 11.7. The molecule has 0 aromatic rings. The molecule has 1 fully saturated rings. The van der Waals surface area contributed by atoms with Crippen LogP contribution in [-0.4, -0.2) is 41.5 Å². The maximum Gasteiger partial charge on any atom is 0.131 e. The SMILES string of the molecule is CC(=O)CCN1CCCC1CCCO. The highest BCUT2D eigenvalue weighted by Gasteiger charge is 2.23. The third kappa shape index (κ3) is 3.76. The lowest BCUT2D eigenvalue weighted by atomic mass is 10.1. The Morgan fingerprint density at radius 2 is 2.36 bits per heavy atom. The number of hydrogen-bond donors (Lipinski definition) is 1. The van der Waals surface area contributed by atoms with E-state index in [1.807, 2.05) is 0 Å². The Morgan fingerprint density at radius 3 is 3.00 bits per heavy atom. The summed E-state index contributed by atoms with van der Waals surface area (Å²) >= 11 is 0. The molecule has 0 spiro atoms. The van der Waals surface area contributed by atoms with Gasteiger partial charge in [-0.05, 0) is 39.2 Å². The molecule has 3 nitrogen and oxygen atoms in total. The van der Waals surface area contributed by atoms with E-state index in [0.29, 0.717) is 12.5 Å². The van der Waals surface area contributed by atoms with Crippen LogP contribution in [-0.2, 0) is 4.79 Å². The highest BCUT2D eigenvalue weighted by Crippen LogP contribution is 2.21.